The van der Waals surface area contributed by atoms with E-state index < -0.39 is 9.84 Å². The molecular formula is C24H28N2O4S. The van der Waals surface area contributed by atoms with Gasteiger partial charge in [-0.15, -0.1) is 0 Å². The van der Waals surface area contributed by atoms with Crippen LogP contribution in [-0.2, 0) is 9.84 Å². The molecule has 2 saturated carbocycles. The molecule has 0 spiro atoms. The molecule has 2 fully saturated rings. The highest BCUT2D eigenvalue weighted by Gasteiger charge is 2.37. The average Bonchev–Trinajstić information content (AvgIpc) is 3.51. The van der Waals surface area contributed by atoms with Gasteiger partial charge in [0.15, 0.2) is 15.7 Å². The van der Waals surface area contributed by atoms with Crippen LogP contribution in [-0.4, -0.2) is 34.7 Å². The Bertz CT molecular complexity index is 1190. The Morgan fingerprint density at radius 2 is 1.74 bits per heavy atom. The van der Waals surface area contributed by atoms with Crippen molar-refractivity contribution in [3.63, 3.8) is 0 Å². The zero-order valence-electron chi connectivity index (χ0n) is 17.9. The topological polar surface area (TPSA) is 81.4 Å². The van der Waals surface area contributed by atoms with E-state index in [1.807, 2.05) is 12.1 Å². The molecule has 1 N–H and O–H groups in total. The lowest BCUT2D eigenvalue weighted by Crippen LogP contribution is -2.23. The van der Waals surface area contributed by atoms with Crippen LogP contribution in [0.4, 0.5) is 0 Å². The van der Waals surface area contributed by atoms with Gasteiger partial charge >= 0.3 is 0 Å². The number of rotatable bonds is 5. The van der Waals surface area contributed by atoms with E-state index in [0.717, 1.165) is 65.9 Å². The summed E-state index contributed by atoms with van der Waals surface area (Å²) < 4.78 is 33.4. The number of pyridine rings is 1. The Balaban J connectivity index is 1.63. The molecule has 2 aliphatic carbocycles. The molecule has 0 unspecified atom stereocenters. The summed E-state index contributed by atoms with van der Waals surface area (Å²) in [6.45, 7) is 4.07. The minimum Gasteiger partial charge on any atom is -0.490 e. The van der Waals surface area contributed by atoms with Crippen LogP contribution < -0.4 is 4.74 Å². The van der Waals surface area contributed by atoms with Crippen LogP contribution in [0.1, 0.15) is 51.1 Å². The summed E-state index contributed by atoms with van der Waals surface area (Å²) in [5.74, 6) is 1.85. The molecule has 0 amide bonds. The van der Waals surface area contributed by atoms with Gasteiger partial charge in [0.1, 0.15) is 5.75 Å². The first-order valence-corrected chi connectivity index (χ1v) is 12.6. The van der Waals surface area contributed by atoms with Gasteiger partial charge in [-0.25, -0.2) is 13.4 Å². The van der Waals surface area contributed by atoms with Gasteiger partial charge in [0.2, 0.25) is 0 Å². The van der Waals surface area contributed by atoms with Crippen molar-refractivity contribution in [2.24, 2.45) is 5.92 Å². The lowest BCUT2D eigenvalue weighted by Gasteiger charge is -2.28. The molecule has 0 bridgehead atoms. The normalized spacial score (nSPS) is 22.0. The van der Waals surface area contributed by atoms with Gasteiger partial charge in [0, 0.05) is 17.3 Å². The van der Waals surface area contributed by atoms with Crippen molar-refractivity contribution in [2.45, 2.75) is 68.6 Å². The molecule has 0 radical (unpaired) electrons. The van der Waals surface area contributed by atoms with E-state index in [9.17, 15) is 13.6 Å². The SMILES string of the molecule is Cc1cc(-c2cc(S(=O)(=O)C3CC3)ccc2OC2CCC(C)CC2)c2ccnc-2n1O. The van der Waals surface area contributed by atoms with Crippen LogP contribution in [0.5, 0.6) is 5.75 Å². The number of nitrogens with zero attached hydrogens (tertiary/aromatic N) is 2. The second-order valence-corrected chi connectivity index (χ2v) is 11.3. The van der Waals surface area contributed by atoms with Crippen molar-refractivity contribution in [1.82, 2.24) is 9.71 Å². The summed E-state index contributed by atoms with van der Waals surface area (Å²) in [6, 6.07) is 8.94. The maximum atomic E-state index is 13.0. The summed E-state index contributed by atoms with van der Waals surface area (Å²) in [7, 11) is -3.34. The van der Waals surface area contributed by atoms with E-state index in [-0.39, 0.29) is 11.4 Å². The smallest absolute Gasteiger partial charge is 0.181 e. The van der Waals surface area contributed by atoms with Crippen molar-refractivity contribution in [3.8, 4) is 28.3 Å². The van der Waals surface area contributed by atoms with E-state index in [1.54, 1.807) is 31.3 Å². The lowest BCUT2D eigenvalue weighted by atomic mass is 9.89. The number of benzene rings is 1. The van der Waals surface area contributed by atoms with Gasteiger partial charge < -0.3 is 9.94 Å². The Morgan fingerprint density at radius 1 is 1.00 bits per heavy atom. The number of ether oxygens (including phenoxy) is 1. The number of aryl methyl sites for hydroxylation is 1. The highest BCUT2D eigenvalue weighted by atomic mass is 32.2. The van der Waals surface area contributed by atoms with Gasteiger partial charge in [-0.2, -0.15) is 4.73 Å². The summed E-state index contributed by atoms with van der Waals surface area (Å²) in [6.07, 6.45) is 7.50. The van der Waals surface area contributed by atoms with Crippen molar-refractivity contribution in [1.29, 1.82) is 0 Å². The molecule has 164 valence electrons. The third kappa shape index (κ3) is 3.69. The average molecular weight is 441 g/mol. The predicted octanol–water partition coefficient (Wildman–Crippen LogP) is 5.09. The second kappa shape index (κ2) is 7.55. The van der Waals surface area contributed by atoms with Gasteiger partial charge in [-0.1, -0.05) is 6.92 Å². The van der Waals surface area contributed by atoms with Crippen LogP contribution >= 0.6 is 0 Å². The summed E-state index contributed by atoms with van der Waals surface area (Å²) in [5, 5.41) is 10.1. The van der Waals surface area contributed by atoms with Crippen LogP contribution in [0.25, 0.3) is 22.5 Å². The maximum Gasteiger partial charge on any atom is 0.181 e. The molecule has 1 aromatic carbocycles. The predicted molar refractivity (Wildman–Crippen MR) is 118 cm³/mol. The van der Waals surface area contributed by atoms with E-state index in [1.165, 1.54) is 0 Å². The maximum absolute atomic E-state index is 13.0. The standard InChI is InChI=1S/C24H28N2O4S/c1-15-3-5-17(6-4-15)30-23-10-9-19(31(28,29)18-7-8-18)14-22(23)21-13-16(2)26(27)24-20(21)11-12-25-24/h9-15,17-18,27H,3-8H2,1-2H3. The molecule has 0 aromatic heterocycles. The first-order chi connectivity index (χ1) is 14.8. The minimum absolute atomic E-state index is 0.127. The van der Waals surface area contributed by atoms with Crippen LogP contribution in [0.2, 0.25) is 0 Å². The highest BCUT2D eigenvalue weighted by Crippen LogP contribution is 2.43. The first kappa shape index (κ1) is 20.4. The lowest BCUT2D eigenvalue weighted by molar-refractivity contribution is 0.136. The van der Waals surface area contributed by atoms with Gasteiger partial charge in [0.05, 0.1) is 21.9 Å². The molecule has 0 atom stereocenters. The molecule has 5 rings (SSSR count). The van der Waals surface area contributed by atoms with Crippen LogP contribution in [0.3, 0.4) is 0 Å². The molecule has 6 nitrogen and oxygen atoms in total. The molecule has 0 saturated heterocycles. The van der Waals surface area contributed by atoms with Crippen LogP contribution in [0, 0.1) is 12.8 Å². The molecular weight excluding hydrogens is 412 g/mol. The second-order valence-electron chi connectivity index (χ2n) is 9.10. The zero-order chi connectivity index (χ0) is 21.8. The van der Waals surface area contributed by atoms with Crippen molar-refractivity contribution in [2.75, 3.05) is 0 Å². The van der Waals surface area contributed by atoms with E-state index in [0.29, 0.717) is 22.2 Å². The van der Waals surface area contributed by atoms with E-state index in [2.05, 4.69) is 11.9 Å². The van der Waals surface area contributed by atoms with Gasteiger partial charge in [-0.3, -0.25) is 0 Å². The third-order valence-electron chi connectivity index (χ3n) is 6.65. The van der Waals surface area contributed by atoms with E-state index in [4.69, 9.17) is 4.74 Å². The Hall–Kier alpha value is -2.54. The fraction of sp³-hybridized carbons (Fsp3) is 0.458. The Kier molecular flexibility index (Phi) is 4.96. The molecule has 1 aromatic rings. The molecule has 4 aliphatic rings. The van der Waals surface area contributed by atoms with Crippen molar-refractivity contribution >= 4 is 9.84 Å². The zero-order valence-corrected chi connectivity index (χ0v) is 18.7. The number of hydrogen-bond acceptors (Lipinski definition) is 5. The number of sulfone groups is 1. The van der Waals surface area contributed by atoms with Gasteiger partial charge in [0.25, 0.3) is 0 Å². The fourth-order valence-corrected chi connectivity index (χ4v) is 6.22. The fourth-order valence-electron chi connectivity index (χ4n) is 4.54. The highest BCUT2D eigenvalue weighted by molar-refractivity contribution is 7.92. The summed E-state index contributed by atoms with van der Waals surface area (Å²) >= 11 is 0. The molecule has 31 heavy (non-hydrogen) atoms. The molecule has 2 aliphatic heterocycles. The Labute approximate surface area is 183 Å². The van der Waals surface area contributed by atoms with Crippen molar-refractivity contribution < 1.29 is 18.4 Å². The summed E-state index contributed by atoms with van der Waals surface area (Å²) in [5.41, 5.74) is 2.94. The van der Waals surface area contributed by atoms with E-state index >= 15 is 0 Å². The van der Waals surface area contributed by atoms with Crippen LogP contribution in [0.15, 0.2) is 41.4 Å². The monoisotopic (exact) mass is 440 g/mol. The third-order valence-corrected chi connectivity index (χ3v) is 8.91. The number of aromatic nitrogens is 2. The molecule has 7 heteroatoms. The van der Waals surface area contributed by atoms with Gasteiger partial charge in [-0.05, 0) is 87.3 Å². The number of hydrogen-bond donors (Lipinski definition) is 1. The first-order valence-electron chi connectivity index (χ1n) is 11.1. The minimum atomic E-state index is -3.34. The summed E-state index contributed by atoms with van der Waals surface area (Å²) in [4.78, 5) is 4.62. The quantitative estimate of drug-likeness (QED) is 0.559. The Morgan fingerprint density at radius 3 is 2.45 bits per heavy atom. The largest absolute Gasteiger partial charge is 0.490 e. The van der Waals surface area contributed by atoms with Crippen molar-refractivity contribution in [3.05, 3.63) is 42.2 Å². The number of fused-ring (bicyclic) bond motifs is 1. The molecule has 2 heterocycles.